The zero-order valence-corrected chi connectivity index (χ0v) is 9.07. The fourth-order valence-corrected chi connectivity index (χ4v) is 1.35. The number of nitrogens with zero attached hydrogens (tertiary/aromatic N) is 1. The van der Waals surface area contributed by atoms with E-state index < -0.39 is 11.7 Å². The SMILES string of the molecule is Nc1cnoc1COc1ccccc1C(F)(F)F. The van der Waals surface area contributed by atoms with E-state index in [1.165, 1.54) is 24.4 Å². The molecule has 0 saturated carbocycles. The largest absolute Gasteiger partial charge is 0.485 e. The average molecular weight is 258 g/mol. The molecule has 4 nitrogen and oxygen atoms in total. The highest BCUT2D eigenvalue weighted by Gasteiger charge is 2.34. The summed E-state index contributed by atoms with van der Waals surface area (Å²) in [4.78, 5) is 0. The first-order chi connectivity index (χ1) is 8.48. The van der Waals surface area contributed by atoms with Crippen LogP contribution >= 0.6 is 0 Å². The van der Waals surface area contributed by atoms with Crippen LogP contribution in [0.15, 0.2) is 35.0 Å². The number of hydrogen-bond donors (Lipinski definition) is 1. The number of alkyl halides is 3. The highest BCUT2D eigenvalue weighted by Crippen LogP contribution is 2.36. The van der Waals surface area contributed by atoms with E-state index in [1.807, 2.05) is 0 Å². The minimum atomic E-state index is -4.47. The minimum absolute atomic E-state index is 0.187. The molecule has 0 spiro atoms. The Morgan fingerprint density at radius 1 is 1.28 bits per heavy atom. The summed E-state index contributed by atoms with van der Waals surface area (Å²) in [5.41, 5.74) is 4.86. The lowest BCUT2D eigenvalue weighted by Gasteiger charge is -2.12. The number of ether oxygens (including phenoxy) is 1. The molecule has 1 aromatic heterocycles. The first-order valence-electron chi connectivity index (χ1n) is 4.96. The van der Waals surface area contributed by atoms with Gasteiger partial charge in [0.1, 0.15) is 5.75 Å². The van der Waals surface area contributed by atoms with E-state index in [9.17, 15) is 13.2 Å². The van der Waals surface area contributed by atoms with Crippen molar-refractivity contribution in [3.63, 3.8) is 0 Å². The van der Waals surface area contributed by atoms with Gasteiger partial charge in [-0.2, -0.15) is 13.2 Å². The second-order valence-electron chi connectivity index (χ2n) is 3.49. The van der Waals surface area contributed by atoms with Crippen molar-refractivity contribution in [1.82, 2.24) is 5.16 Å². The second-order valence-corrected chi connectivity index (χ2v) is 3.49. The summed E-state index contributed by atoms with van der Waals surface area (Å²) in [7, 11) is 0. The molecule has 7 heteroatoms. The smallest absolute Gasteiger partial charge is 0.419 e. The molecule has 2 N–H and O–H groups in total. The quantitative estimate of drug-likeness (QED) is 0.919. The standard InChI is InChI=1S/C11H9F3N2O2/c12-11(13,14)7-3-1-2-4-9(7)17-6-10-8(15)5-16-18-10/h1-5H,6,15H2. The molecule has 0 bridgehead atoms. The predicted molar refractivity (Wildman–Crippen MR) is 56.7 cm³/mol. The molecule has 0 radical (unpaired) electrons. The molecule has 2 aromatic rings. The molecule has 1 aromatic carbocycles. The van der Waals surface area contributed by atoms with Gasteiger partial charge >= 0.3 is 6.18 Å². The van der Waals surface area contributed by atoms with Crippen molar-refractivity contribution in [1.29, 1.82) is 0 Å². The Morgan fingerprint density at radius 3 is 2.61 bits per heavy atom. The monoisotopic (exact) mass is 258 g/mol. The van der Waals surface area contributed by atoms with E-state index in [4.69, 9.17) is 15.0 Å². The molecule has 0 saturated heterocycles. The number of rotatable bonds is 3. The summed E-state index contributed by atoms with van der Waals surface area (Å²) in [5.74, 6) is -0.0900. The Kier molecular flexibility index (Phi) is 3.14. The van der Waals surface area contributed by atoms with Crippen LogP contribution in [0, 0.1) is 0 Å². The Labute approximate surface area is 100 Å². The van der Waals surface area contributed by atoms with E-state index in [2.05, 4.69) is 5.16 Å². The van der Waals surface area contributed by atoms with Crippen LogP contribution < -0.4 is 10.5 Å². The second kappa shape index (κ2) is 4.59. The summed E-state index contributed by atoms with van der Waals surface area (Å²) in [6, 6.07) is 4.92. The van der Waals surface area contributed by atoms with Crippen molar-refractivity contribution in [2.45, 2.75) is 12.8 Å². The van der Waals surface area contributed by atoms with Gasteiger partial charge in [0.05, 0.1) is 17.4 Å². The number of aromatic nitrogens is 1. The molecule has 0 atom stereocenters. The van der Waals surface area contributed by atoms with Crippen LogP contribution in [0.2, 0.25) is 0 Å². The van der Waals surface area contributed by atoms with Gasteiger partial charge < -0.3 is 15.0 Å². The van der Waals surface area contributed by atoms with Crippen molar-refractivity contribution in [3.8, 4) is 5.75 Å². The highest BCUT2D eigenvalue weighted by molar-refractivity contribution is 5.39. The number of hydrogen-bond acceptors (Lipinski definition) is 4. The molecule has 0 aliphatic rings. The third-order valence-corrected chi connectivity index (χ3v) is 2.23. The normalized spacial score (nSPS) is 11.5. The topological polar surface area (TPSA) is 61.3 Å². The molecule has 2 rings (SSSR count). The first-order valence-corrected chi connectivity index (χ1v) is 4.96. The van der Waals surface area contributed by atoms with Crippen LogP contribution in [0.5, 0.6) is 5.75 Å². The van der Waals surface area contributed by atoms with Crippen LogP contribution in [0.25, 0.3) is 0 Å². The van der Waals surface area contributed by atoms with Gasteiger partial charge in [-0.3, -0.25) is 0 Å². The lowest BCUT2D eigenvalue weighted by Crippen LogP contribution is -2.08. The van der Waals surface area contributed by atoms with Crippen molar-refractivity contribution in [2.24, 2.45) is 0 Å². The summed E-state index contributed by atoms with van der Waals surface area (Å²) >= 11 is 0. The zero-order valence-electron chi connectivity index (χ0n) is 9.07. The maximum Gasteiger partial charge on any atom is 0.419 e. The van der Waals surface area contributed by atoms with Gasteiger partial charge in [0.2, 0.25) is 0 Å². The van der Waals surface area contributed by atoms with Gasteiger partial charge in [0, 0.05) is 0 Å². The third-order valence-electron chi connectivity index (χ3n) is 2.23. The maximum atomic E-state index is 12.7. The third kappa shape index (κ3) is 2.55. The summed E-state index contributed by atoms with van der Waals surface area (Å²) in [6.45, 7) is -0.209. The summed E-state index contributed by atoms with van der Waals surface area (Å²) in [6.07, 6.45) is -3.21. The lowest BCUT2D eigenvalue weighted by atomic mass is 10.2. The number of para-hydroxylation sites is 1. The van der Waals surface area contributed by atoms with Gasteiger partial charge in [0.15, 0.2) is 12.4 Å². The number of benzene rings is 1. The number of nitrogens with two attached hydrogens (primary N) is 1. The Hall–Kier alpha value is -2.18. The summed E-state index contributed by atoms with van der Waals surface area (Å²) < 4.78 is 47.7. The Morgan fingerprint density at radius 2 is 2.00 bits per heavy atom. The molecule has 1 heterocycles. The van der Waals surface area contributed by atoms with Crippen molar-refractivity contribution < 1.29 is 22.4 Å². The molecular formula is C11H9F3N2O2. The average Bonchev–Trinajstić information content (AvgIpc) is 2.71. The summed E-state index contributed by atoms with van der Waals surface area (Å²) in [5, 5.41) is 3.40. The van der Waals surface area contributed by atoms with Crippen LogP contribution in [-0.2, 0) is 12.8 Å². The lowest BCUT2D eigenvalue weighted by molar-refractivity contribution is -0.139. The van der Waals surface area contributed by atoms with Gasteiger partial charge in [0.25, 0.3) is 0 Å². The van der Waals surface area contributed by atoms with Crippen LogP contribution in [-0.4, -0.2) is 5.16 Å². The molecule has 0 unspecified atom stereocenters. The zero-order chi connectivity index (χ0) is 13.2. The van der Waals surface area contributed by atoms with Gasteiger partial charge in [-0.15, -0.1) is 0 Å². The number of nitrogen functional groups attached to an aromatic ring is 1. The van der Waals surface area contributed by atoms with Crippen molar-refractivity contribution in [2.75, 3.05) is 5.73 Å². The first kappa shape index (κ1) is 12.3. The molecule has 18 heavy (non-hydrogen) atoms. The fourth-order valence-electron chi connectivity index (χ4n) is 1.35. The molecule has 0 aliphatic heterocycles. The minimum Gasteiger partial charge on any atom is -0.485 e. The van der Waals surface area contributed by atoms with Crippen LogP contribution in [0.4, 0.5) is 18.9 Å². The molecular weight excluding hydrogens is 249 g/mol. The van der Waals surface area contributed by atoms with Gasteiger partial charge in [-0.05, 0) is 12.1 Å². The van der Waals surface area contributed by atoms with E-state index in [-0.39, 0.29) is 23.8 Å². The predicted octanol–water partition coefficient (Wildman–Crippen LogP) is 2.85. The van der Waals surface area contributed by atoms with E-state index >= 15 is 0 Å². The molecule has 0 aliphatic carbocycles. The number of halogens is 3. The molecule has 96 valence electrons. The molecule has 0 fully saturated rings. The van der Waals surface area contributed by atoms with Gasteiger partial charge in [-0.25, -0.2) is 0 Å². The highest BCUT2D eigenvalue weighted by atomic mass is 19.4. The van der Waals surface area contributed by atoms with E-state index in [1.54, 1.807) is 0 Å². The fraction of sp³-hybridized carbons (Fsp3) is 0.182. The van der Waals surface area contributed by atoms with Crippen molar-refractivity contribution >= 4 is 5.69 Å². The van der Waals surface area contributed by atoms with E-state index in [0.717, 1.165) is 6.07 Å². The Balaban J connectivity index is 2.17. The Bertz CT molecular complexity index is 537. The maximum absolute atomic E-state index is 12.7. The van der Waals surface area contributed by atoms with Crippen LogP contribution in [0.3, 0.4) is 0 Å². The molecule has 0 amide bonds. The van der Waals surface area contributed by atoms with Gasteiger partial charge in [-0.1, -0.05) is 17.3 Å². The van der Waals surface area contributed by atoms with Crippen LogP contribution in [0.1, 0.15) is 11.3 Å². The number of anilines is 1. The van der Waals surface area contributed by atoms with Crippen molar-refractivity contribution in [3.05, 3.63) is 41.8 Å². The van der Waals surface area contributed by atoms with E-state index in [0.29, 0.717) is 0 Å².